The van der Waals surface area contributed by atoms with Gasteiger partial charge in [0, 0.05) is 19.1 Å². The van der Waals surface area contributed by atoms with Crippen molar-refractivity contribution in [1.29, 1.82) is 0 Å². The van der Waals surface area contributed by atoms with E-state index in [2.05, 4.69) is 0 Å². The van der Waals surface area contributed by atoms with Gasteiger partial charge in [0.2, 0.25) is 0 Å². The number of rotatable bonds is 4. The van der Waals surface area contributed by atoms with Crippen molar-refractivity contribution in [2.75, 3.05) is 7.11 Å². The van der Waals surface area contributed by atoms with Gasteiger partial charge in [-0.3, -0.25) is 0 Å². The molecule has 0 heterocycles. The molecular weight excluding hydrogens is 195 g/mol. The van der Waals surface area contributed by atoms with E-state index < -0.39 is 11.7 Å². The standard InChI is InChI=1S/C12H17FO2/c1-12(2,15-3)8-11(14)9-6-4-5-7-10(9)13/h4-7,11,14H,8H2,1-3H3. The van der Waals surface area contributed by atoms with E-state index in [0.717, 1.165) is 0 Å². The van der Waals surface area contributed by atoms with Crippen molar-refractivity contribution in [1.82, 2.24) is 0 Å². The Labute approximate surface area is 89.7 Å². The SMILES string of the molecule is COC(C)(C)CC(O)c1ccccc1F. The summed E-state index contributed by atoms with van der Waals surface area (Å²) in [5.74, 6) is -0.378. The molecule has 0 aliphatic rings. The molecule has 84 valence electrons. The van der Waals surface area contributed by atoms with Gasteiger partial charge in [-0.25, -0.2) is 4.39 Å². The zero-order chi connectivity index (χ0) is 11.5. The van der Waals surface area contributed by atoms with Gasteiger partial charge in [-0.1, -0.05) is 18.2 Å². The molecule has 0 saturated carbocycles. The van der Waals surface area contributed by atoms with Crippen LogP contribution in [0.25, 0.3) is 0 Å². The molecule has 1 aromatic carbocycles. The van der Waals surface area contributed by atoms with Gasteiger partial charge in [0.1, 0.15) is 5.82 Å². The number of hydrogen-bond acceptors (Lipinski definition) is 2. The highest BCUT2D eigenvalue weighted by Gasteiger charge is 2.23. The molecule has 0 bridgehead atoms. The molecule has 1 atom stereocenters. The Hall–Kier alpha value is -0.930. The zero-order valence-electron chi connectivity index (χ0n) is 9.33. The molecule has 1 aromatic rings. The number of aliphatic hydroxyl groups excluding tert-OH is 1. The fraction of sp³-hybridized carbons (Fsp3) is 0.500. The zero-order valence-corrected chi connectivity index (χ0v) is 9.33. The van der Waals surface area contributed by atoms with Gasteiger partial charge in [0.25, 0.3) is 0 Å². The van der Waals surface area contributed by atoms with E-state index in [0.29, 0.717) is 12.0 Å². The summed E-state index contributed by atoms with van der Waals surface area (Å²) in [6, 6.07) is 6.25. The van der Waals surface area contributed by atoms with Crippen molar-refractivity contribution < 1.29 is 14.2 Å². The Bertz CT molecular complexity index is 323. The van der Waals surface area contributed by atoms with E-state index in [1.165, 1.54) is 6.07 Å². The van der Waals surface area contributed by atoms with E-state index in [4.69, 9.17) is 4.74 Å². The van der Waals surface area contributed by atoms with Gasteiger partial charge >= 0.3 is 0 Å². The van der Waals surface area contributed by atoms with Crippen LogP contribution in [0.15, 0.2) is 24.3 Å². The van der Waals surface area contributed by atoms with Crippen LogP contribution in [0.1, 0.15) is 31.9 Å². The molecule has 0 aliphatic heterocycles. The summed E-state index contributed by atoms with van der Waals surface area (Å²) < 4.78 is 18.5. The fourth-order valence-corrected chi connectivity index (χ4v) is 1.40. The number of aliphatic hydroxyl groups is 1. The lowest BCUT2D eigenvalue weighted by atomic mass is 9.95. The van der Waals surface area contributed by atoms with Crippen LogP contribution in [0.2, 0.25) is 0 Å². The van der Waals surface area contributed by atoms with Gasteiger partial charge < -0.3 is 9.84 Å². The molecule has 0 aliphatic carbocycles. The second-order valence-corrected chi connectivity index (χ2v) is 4.21. The van der Waals surface area contributed by atoms with Crippen LogP contribution in [0.5, 0.6) is 0 Å². The summed E-state index contributed by atoms with van der Waals surface area (Å²) in [4.78, 5) is 0. The average molecular weight is 212 g/mol. The maximum atomic E-state index is 13.3. The summed E-state index contributed by atoms with van der Waals surface area (Å²) in [5.41, 5.74) is -0.135. The lowest BCUT2D eigenvalue weighted by molar-refractivity contribution is -0.0207. The van der Waals surface area contributed by atoms with Crippen LogP contribution >= 0.6 is 0 Å². The van der Waals surface area contributed by atoms with E-state index in [9.17, 15) is 9.50 Å². The predicted octanol–water partition coefficient (Wildman–Crippen LogP) is 2.67. The van der Waals surface area contributed by atoms with Crippen molar-refractivity contribution in [3.63, 3.8) is 0 Å². The average Bonchev–Trinajstić information content (AvgIpc) is 2.17. The van der Waals surface area contributed by atoms with E-state index in [-0.39, 0.29) is 5.82 Å². The highest BCUT2D eigenvalue weighted by molar-refractivity contribution is 5.20. The largest absolute Gasteiger partial charge is 0.388 e. The molecule has 15 heavy (non-hydrogen) atoms. The summed E-state index contributed by atoms with van der Waals surface area (Å²) in [6.45, 7) is 3.72. The molecule has 1 unspecified atom stereocenters. The third kappa shape index (κ3) is 3.29. The minimum absolute atomic E-state index is 0.322. The van der Waals surface area contributed by atoms with E-state index in [1.807, 2.05) is 13.8 Å². The first kappa shape index (κ1) is 12.1. The lowest BCUT2D eigenvalue weighted by Crippen LogP contribution is -2.25. The molecule has 0 spiro atoms. The van der Waals surface area contributed by atoms with Crippen LogP contribution in [0.3, 0.4) is 0 Å². The summed E-state index contributed by atoms with van der Waals surface area (Å²) in [6.07, 6.45) is -0.467. The smallest absolute Gasteiger partial charge is 0.129 e. The summed E-state index contributed by atoms with van der Waals surface area (Å²) in [5, 5.41) is 9.85. The van der Waals surface area contributed by atoms with Crippen molar-refractivity contribution in [2.24, 2.45) is 0 Å². The predicted molar refractivity (Wildman–Crippen MR) is 57.1 cm³/mol. The summed E-state index contributed by atoms with van der Waals surface area (Å²) >= 11 is 0. The third-order valence-electron chi connectivity index (χ3n) is 2.50. The topological polar surface area (TPSA) is 29.5 Å². The van der Waals surface area contributed by atoms with Crippen LogP contribution in [-0.4, -0.2) is 17.8 Å². The van der Waals surface area contributed by atoms with Gasteiger partial charge in [0.15, 0.2) is 0 Å². The first-order chi connectivity index (χ1) is 6.96. The Morgan fingerprint density at radius 2 is 2.00 bits per heavy atom. The maximum Gasteiger partial charge on any atom is 0.129 e. The second kappa shape index (κ2) is 4.73. The first-order valence-corrected chi connectivity index (χ1v) is 4.94. The molecule has 1 N–H and O–H groups in total. The molecule has 3 heteroatoms. The molecule has 1 rings (SSSR count). The Balaban J connectivity index is 2.78. The number of halogens is 1. The normalized spacial score (nSPS) is 13.9. The second-order valence-electron chi connectivity index (χ2n) is 4.21. The fourth-order valence-electron chi connectivity index (χ4n) is 1.40. The number of ether oxygens (including phenoxy) is 1. The van der Waals surface area contributed by atoms with Gasteiger partial charge in [0.05, 0.1) is 11.7 Å². The van der Waals surface area contributed by atoms with Crippen molar-refractivity contribution >= 4 is 0 Å². The molecule has 0 fully saturated rings. The number of benzene rings is 1. The van der Waals surface area contributed by atoms with E-state index >= 15 is 0 Å². The number of methoxy groups -OCH3 is 1. The maximum absolute atomic E-state index is 13.3. The van der Waals surface area contributed by atoms with Crippen LogP contribution < -0.4 is 0 Å². The van der Waals surface area contributed by atoms with Crippen LogP contribution in [0.4, 0.5) is 4.39 Å². The summed E-state index contributed by atoms with van der Waals surface area (Å²) in [7, 11) is 1.58. The van der Waals surface area contributed by atoms with Crippen LogP contribution in [0, 0.1) is 5.82 Å². The molecule has 2 nitrogen and oxygen atoms in total. The Kier molecular flexibility index (Phi) is 3.83. The Morgan fingerprint density at radius 3 is 2.53 bits per heavy atom. The molecule has 0 saturated heterocycles. The molecule has 0 radical (unpaired) electrons. The van der Waals surface area contributed by atoms with Gasteiger partial charge in [-0.2, -0.15) is 0 Å². The molecular formula is C12H17FO2. The van der Waals surface area contributed by atoms with Crippen molar-refractivity contribution in [3.05, 3.63) is 35.6 Å². The quantitative estimate of drug-likeness (QED) is 0.831. The van der Waals surface area contributed by atoms with E-state index in [1.54, 1.807) is 25.3 Å². The van der Waals surface area contributed by atoms with Crippen molar-refractivity contribution in [2.45, 2.75) is 32.0 Å². The lowest BCUT2D eigenvalue weighted by Gasteiger charge is -2.26. The first-order valence-electron chi connectivity index (χ1n) is 4.94. The highest BCUT2D eigenvalue weighted by Crippen LogP contribution is 2.27. The monoisotopic (exact) mass is 212 g/mol. The minimum Gasteiger partial charge on any atom is -0.388 e. The minimum atomic E-state index is -0.832. The molecule has 0 amide bonds. The molecule has 0 aromatic heterocycles. The number of hydrogen-bond donors (Lipinski definition) is 1. The Morgan fingerprint density at radius 1 is 1.40 bits per heavy atom. The highest BCUT2D eigenvalue weighted by atomic mass is 19.1. The van der Waals surface area contributed by atoms with Gasteiger partial charge in [-0.15, -0.1) is 0 Å². The van der Waals surface area contributed by atoms with Crippen molar-refractivity contribution in [3.8, 4) is 0 Å². The third-order valence-corrected chi connectivity index (χ3v) is 2.50. The van der Waals surface area contributed by atoms with Gasteiger partial charge in [-0.05, 0) is 19.9 Å². The van der Waals surface area contributed by atoms with Crippen LogP contribution in [-0.2, 0) is 4.74 Å².